The molecule has 0 saturated carbocycles. The summed E-state index contributed by atoms with van der Waals surface area (Å²) in [6.07, 6.45) is -1.35. The molecule has 68 valence electrons. The minimum Gasteiger partial charge on any atom is -0.370 e. The van der Waals surface area contributed by atoms with Crippen LogP contribution in [0.1, 0.15) is 0 Å². The highest BCUT2D eigenvalue weighted by Gasteiger charge is 2.39. The van der Waals surface area contributed by atoms with E-state index in [1.165, 1.54) is 0 Å². The van der Waals surface area contributed by atoms with Crippen molar-refractivity contribution in [3.8, 4) is 0 Å². The van der Waals surface area contributed by atoms with Crippen LogP contribution >= 0.6 is 0 Å². The topological polar surface area (TPSA) is 98.8 Å². The van der Waals surface area contributed by atoms with E-state index in [1.807, 2.05) is 0 Å². The third-order valence-corrected chi connectivity index (χ3v) is 1.53. The molecule has 0 bridgehead atoms. The Kier molecular flexibility index (Phi) is 2.38. The second kappa shape index (κ2) is 3.30. The van der Waals surface area contributed by atoms with Crippen molar-refractivity contribution in [1.82, 2.24) is 5.01 Å². The van der Waals surface area contributed by atoms with Gasteiger partial charge in [-0.05, 0) is 0 Å². The molecular weight excluding hydrogens is 170 g/mol. The van der Waals surface area contributed by atoms with Gasteiger partial charge in [0.25, 0.3) is 0 Å². The van der Waals surface area contributed by atoms with E-state index in [-0.39, 0.29) is 19.8 Å². The number of hydrogen-bond acceptors (Lipinski definition) is 5. The van der Waals surface area contributed by atoms with Crippen molar-refractivity contribution in [3.05, 3.63) is 20.2 Å². The monoisotopic (exact) mass is 177 g/mol. The minimum absolute atomic E-state index is 0.0430. The van der Waals surface area contributed by atoms with E-state index in [1.54, 1.807) is 0 Å². The van der Waals surface area contributed by atoms with Crippen LogP contribution in [0.15, 0.2) is 0 Å². The molecule has 1 rings (SSSR count). The maximum absolute atomic E-state index is 10.2. The first-order chi connectivity index (χ1) is 5.63. The second-order valence-corrected chi connectivity index (χ2v) is 2.24. The highest BCUT2D eigenvalue weighted by atomic mass is 16.7. The Morgan fingerprint density at radius 1 is 1.42 bits per heavy atom. The van der Waals surface area contributed by atoms with Gasteiger partial charge in [0.1, 0.15) is 13.2 Å². The lowest BCUT2D eigenvalue weighted by Crippen LogP contribution is -2.52. The summed E-state index contributed by atoms with van der Waals surface area (Å²) in [7, 11) is 0. The first-order valence-corrected chi connectivity index (χ1v) is 3.25. The second-order valence-electron chi connectivity index (χ2n) is 2.24. The van der Waals surface area contributed by atoms with Crippen molar-refractivity contribution < 1.29 is 14.7 Å². The summed E-state index contributed by atoms with van der Waals surface area (Å²) in [5.41, 5.74) is 0. The Hall–Kier alpha value is -1.44. The first kappa shape index (κ1) is 8.65. The third kappa shape index (κ3) is 1.59. The summed E-state index contributed by atoms with van der Waals surface area (Å²) in [4.78, 5) is 19.8. The highest BCUT2D eigenvalue weighted by Crippen LogP contribution is 2.06. The summed E-state index contributed by atoms with van der Waals surface area (Å²) in [5, 5.41) is 20.3. The zero-order valence-corrected chi connectivity index (χ0v) is 6.08. The van der Waals surface area contributed by atoms with E-state index >= 15 is 0 Å². The lowest BCUT2D eigenvalue weighted by molar-refractivity contribution is -0.737. The number of nitro groups is 2. The molecule has 0 amide bonds. The lowest BCUT2D eigenvalue weighted by atomic mass is 10.4. The van der Waals surface area contributed by atoms with E-state index in [0.29, 0.717) is 5.01 Å². The Labute approximate surface area is 67.0 Å². The average Bonchev–Trinajstić information content (AvgIpc) is 2.04. The van der Waals surface area contributed by atoms with Crippen LogP contribution in [0.4, 0.5) is 0 Å². The molecule has 1 atom stereocenters. The fraction of sp³-hybridized carbons (Fsp3) is 1.00. The number of nitrogens with zero attached hydrogens (tertiary/aromatic N) is 3. The van der Waals surface area contributed by atoms with Crippen molar-refractivity contribution in [1.29, 1.82) is 0 Å². The Morgan fingerprint density at radius 2 is 2.08 bits per heavy atom. The molecule has 8 heteroatoms. The number of hydrogen-bond donors (Lipinski definition) is 0. The molecule has 0 N–H and O–H groups in total. The van der Waals surface area contributed by atoms with Gasteiger partial charge >= 0.3 is 6.17 Å². The maximum atomic E-state index is 10.2. The van der Waals surface area contributed by atoms with Gasteiger partial charge in [0, 0.05) is 0 Å². The Bertz CT molecular complexity index is 185. The molecule has 0 aromatic carbocycles. The van der Waals surface area contributed by atoms with Crippen LogP contribution in [0.3, 0.4) is 0 Å². The smallest absolute Gasteiger partial charge is 0.359 e. The molecule has 1 aliphatic heterocycles. The Balaban J connectivity index is 2.67. The van der Waals surface area contributed by atoms with Gasteiger partial charge < -0.3 is 4.74 Å². The van der Waals surface area contributed by atoms with Crippen molar-refractivity contribution in [2.75, 3.05) is 19.8 Å². The zero-order chi connectivity index (χ0) is 9.14. The van der Waals surface area contributed by atoms with Crippen molar-refractivity contribution in [3.63, 3.8) is 0 Å². The lowest BCUT2D eigenvalue weighted by Gasteiger charge is -2.22. The predicted molar refractivity (Wildman–Crippen MR) is 35.3 cm³/mol. The van der Waals surface area contributed by atoms with E-state index in [4.69, 9.17) is 4.74 Å². The van der Waals surface area contributed by atoms with Gasteiger partial charge in [-0.1, -0.05) is 5.01 Å². The average molecular weight is 177 g/mol. The number of hydrazine groups is 1. The maximum Gasteiger partial charge on any atom is 0.359 e. The quantitative estimate of drug-likeness (QED) is 0.401. The predicted octanol–water partition coefficient (Wildman–Crippen LogP) is -0.887. The van der Waals surface area contributed by atoms with Crippen LogP contribution in [0.2, 0.25) is 0 Å². The summed E-state index contributed by atoms with van der Waals surface area (Å²) in [6, 6.07) is 0. The normalized spacial score (nSPS) is 23.7. The van der Waals surface area contributed by atoms with Gasteiger partial charge in [-0.2, -0.15) is 0 Å². The van der Waals surface area contributed by atoms with Crippen molar-refractivity contribution in [2.45, 2.75) is 6.17 Å². The standard InChI is InChI=1S/C4H7N3O5/c8-6(9)4-3-12-2-1-5(4)7(10)11/h4H,1-3H2. The molecule has 1 fully saturated rings. The highest BCUT2D eigenvalue weighted by molar-refractivity contribution is 4.57. The third-order valence-electron chi connectivity index (χ3n) is 1.53. The van der Waals surface area contributed by atoms with Gasteiger partial charge in [-0.3, -0.25) is 10.1 Å². The molecule has 0 aromatic rings. The van der Waals surface area contributed by atoms with Crippen LogP contribution in [0.5, 0.6) is 0 Å². The van der Waals surface area contributed by atoms with Crippen molar-refractivity contribution >= 4 is 0 Å². The van der Waals surface area contributed by atoms with Gasteiger partial charge in [0.05, 0.1) is 11.5 Å². The number of rotatable bonds is 2. The minimum atomic E-state index is -1.35. The van der Waals surface area contributed by atoms with Gasteiger partial charge in [-0.15, -0.1) is 0 Å². The van der Waals surface area contributed by atoms with Gasteiger partial charge in [0.2, 0.25) is 0 Å². The van der Waals surface area contributed by atoms with Crippen molar-refractivity contribution in [2.24, 2.45) is 0 Å². The molecule has 0 radical (unpaired) electrons. The molecule has 0 aliphatic carbocycles. The molecular formula is C4H7N3O5. The fourth-order valence-electron chi connectivity index (χ4n) is 0.942. The zero-order valence-electron chi connectivity index (χ0n) is 6.08. The molecule has 1 heterocycles. The van der Waals surface area contributed by atoms with E-state index in [2.05, 4.69) is 0 Å². The summed E-state index contributed by atoms with van der Waals surface area (Å²) >= 11 is 0. The van der Waals surface area contributed by atoms with E-state index in [0.717, 1.165) is 0 Å². The van der Waals surface area contributed by atoms with Crippen LogP contribution in [0, 0.1) is 20.2 Å². The number of morpholine rings is 1. The first-order valence-electron chi connectivity index (χ1n) is 3.25. The largest absolute Gasteiger partial charge is 0.370 e. The van der Waals surface area contributed by atoms with Crippen LogP contribution in [-0.4, -0.2) is 40.9 Å². The van der Waals surface area contributed by atoms with Crippen LogP contribution < -0.4 is 0 Å². The Morgan fingerprint density at radius 3 is 2.50 bits per heavy atom. The molecule has 1 saturated heterocycles. The summed E-state index contributed by atoms with van der Waals surface area (Å²) in [5.74, 6) is 0. The fourth-order valence-corrected chi connectivity index (χ4v) is 0.942. The van der Waals surface area contributed by atoms with Gasteiger partial charge in [-0.25, -0.2) is 10.1 Å². The summed E-state index contributed by atoms with van der Waals surface area (Å²) < 4.78 is 4.74. The molecule has 12 heavy (non-hydrogen) atoms. The molecule has 1 unspecified atom stereocenters. The SMILES string of the molecule is O=[N+]([O-])C1COCCN1[N+](=O)[O-]. The summed E-state index contributed by atoms with van der Waals surface area (Å²) in [6.45, 7) is -0.113. The molecule has 8 nitrogen and oxygen atoms in total. The van der Waals surface area contributed by atoms with Gasteiger partial charge in [0.15, 0.2) is 5.03 Å². The molecule has 0 spiro atoms. The number of ether oxygens (including phenoxy) is 1. The van der Waals surface area contributed by atoms with E-state index in [9.17, 15) is 20.2 Å². The van der Waals surface area contributed by atoms with Crippen LogP contribution in [-0.2, 0) is 4.74 Å². The molecule has 1 aliphatic rings. The van der Waals surface area contributed by atoms with E-state index < -0.39 is 16.1 Å². The molecule has 0 aromatic heterocycles. The van der Waals surface area contributed by atoms with Crippen LogP contribution in [0.25, 0.3) is 0 Å².